The van der Waals surface area contributed by atoms with Crippen LogP contribution in [-0.4, -0.2) is 41.4 Å². The van der Waals surface area contributed by atoms with Gasteiger partial charge in [-0.3, -0.25) is 0 Å². The third-order valence-corrected chi connectivity index (χ3v) is 4.70. The number of benzene rings is 1. The summed E-state index contributed by atoms with van der Waals surface area (Å²) in [6.45, 7) is 8.06. The molecule has 8 nitrogen and oxygen atoms in total. The fourth-order valence-electron chi connectivity index (χ4n) is 2.61. The van der Waals surface area contributed by atoms with Gasteiger partial charge in [0, 0.05) is 18.7 Å². The molecule has 0 saturated carbocycles. The van der Waals surface area contributed by atoms with Gasteiger partial charge in [0.25, 0.3) is 0 Å². The molecular weight excluding hydrogens is 363 g/mol. The highest BCUT2D eigenvalue weighted by Crippen LogP contribution is 2.24. The van der Waals surface area contributed by atoms with Crippen molar-refractivity contribution >= 4 is 22.9 Å². The number of anilines is 2. The molecule has 2 heterocycles. The predicted octanol–water partition coefficient (Wildman–Crippen LogP) is 2.87. The summed E-state index contributed by atoms with van der Waals surface area (Å²) in [6, 6.07) is 3.47. The van der Waals surface area contributed by atoms with E-state index in [-0.39, 0.29) is 18.3 Å². The van der Waals surface area contributed by atoms with Crippen LogP contribution in [0.15, 0.2) is 24.5 Å². The van der Waals surface area contributed by atoms with Gasteiger partial charge >= 0.3 is 0 Å². The summed E-state index contributed by atoms with van der Waals surface area (Å²) in [4.78, 5) is 13.4. The number of aliphatic hydroxyl groups is 1. The number of phenols is 1. The van der Waals surface area contributed by atoms with E-state index >= 15 is 0 Å². The summed E-state index contributed by atoms with van der Waals surface area (Å²) in [6.07, 6.45) is 1.67. The standard InChI is InChI=1S/C19H25FN6O2/c1-5-26-10-22-15-16(21-9-12-8-13(20)6-7-14(12)27)24-18(25-17(15)26)23-11(2)19(3,4)28/h6-8,10-11,27-28H,5,9H2,1-4H3,(H2,21,23,24,25). The first-order valence-electron chi connectivity index (χ1n) is 9.12. The smallest absolute Gasteiger partial charge is 0.227 e. The summed E-state index contributed by atoms with van der Waals surface area (Å²) in [7, 11) is 0. The van der Waals surface area contributed by atoms with E-state index in [1.165, 1.54) is 18.2 Å². The number of aromatic hydroxyl groups is 1. The molecule has 0 aliphatic rings. The molecule has 0 aliphatic heterocycles. The van der Waals surface area contributed by atoms with Crippen molar-refractivity contribution in [3.8, 4) is 5.75 Å². The number of hydrogen-bond acceptors (Lipinski definition) is 7. The van der Waals surface area contributed by atoms with Gasteiger partial charge in [-0.25, -0.2) is 9.37 Å². The molecule has 3 aromatic rings. The highest BCUT2D eigenvalue weighted by Gasteiger charge is 2.24. The fraction of sp³-hybridized carbons (Fsp3) is 0.421. The maximum absolute atomic E-state index is 13.5. The minimum atomic E-state index is -0.968. The number of fused-ring (bicyclic) bond motifs is 1. The molecule has 1 atom stereocenters. The first kappa shape index (κ1) is 19.8. The second-order valence-electron chi connectivity index (χ2n) is 7.24. The average Bonchev–Trinajstić information content (AvgIpc) is 3.04. The Hall–Kier alpha value is -2.94. The van der Waals surface area contributed by atoms with Crippen LogP contribution in [0.25, 0.3) is 11.2 Å². The van der Waals surface area contributed by atoms with Crippen molar-refractivity contribution < 1.29 is 14.6 Å². The molecule has 9 heteroatoms. The summed E-state index contributed by atoms with van der Waals surface area (Å²) in [5.41, 5.74) is 0.638. The number of rotatable bonds is 7. The molecule has 1 aromatic carbocycles. The van der Waals surface area contributed by atoms with E-state index in [4.69, 9.17) is 0 Å². The predicted molar refractivity (Wildman–Crippen MR) is 106 cm³/mol. The lowest BCUT2D eigenvalue weighted by Gasteiger charge is -2.26. The molecule has 0 aliphatic carbocycles. The third-order valence-electron chi connectivity index (χ3n) is 4.70. The SMILES string of the molecule is CCn1cnc2c(NCc3cc(F)ccc3O)nc(NC(C)C(C)(C)O)nc21. The summed E-state index contributed by atoms with van der Waals surface area (Å²) < 4.78 is 15.4. The van der Waals surface area contributed by atoms with E-state index in [1.54, 1.807) is 20.2 Å². The number of imidazole rings is 1. The van der Waals surface area contributed by atoms with E-state index in [0.717, 1.165) is 0 Å². The van der Waals surface area contributed by atoms with Crippen molar-refractivity contribution in [1.82, 2.24) is 19.5 Å². The first-order valence-corrected chi connectivity index (χ1v) is 9.12. The molecule has 0 radical (unpaired) electrons. The van der Waals surface area contributed by atoms with Gasteiger partial charge in [0.2, 0.25) is 5.95 Å². The number of hydrogen-bond donors (Lipinski definition) is 4. The van der Waals surface area contributed by atoms with Crippen LogP contribution in [0, 0.1) is 5.82 Å². The number of nitrogens with zero attached hydrogens (tertiary/aromatic N) is 4. The van der Waals surface area contributed by atoms with Crippen LogP contribution < -0.4 is 10.6 Å². The zero-order valence-electron chi connectivity index (χ0n) is 16.4. The molecule has 4 N–H and O–H groups in total. The second-order valence-corrected chi connectivity index (χ2v) is 7.24. The Morgan fingerprint density at radius 1 is 1.29 bits per heavy atom. The van der Waals surface area contributed by atoms with Crippen molar-refractivity contribution in [3.05, 3.63) is 35.9 Å². The largest absolute Gasteiger partial charge is 0.508 e. The molecule has 28 heavy (non-hydrogen) atoms. The lowest BCUT2D eigenvalue weighted by molar-refractivity contribution is 0.0646. The quantitative estimate of drug-likeness (QED) is 0.493. The average molecular weight is 388 g/mol. The molecular formula is C19H25FN6O2. The topological polar surface area (TPSA) is 108 Å². The first-order chi connectivity index (χ1) is 13.2. The van der Waals surface area contributed by atoms with Gasteiger partial charge in [0.1, 0.15) is 11.6 Å². The second kappa shape index (κ2) is 7.59. The molecule has 1 unspecified atom stereocenters. The van der Waals surface area contributed by atoms with Crippen LogP contribution >= 0.6 is 0 Å². The Morgan fingerprint density at radius 2 is 2.04 bits per heavy atom. The molecule has 0 bridgehead atoms. The van der Waals surface area contributed by atoms with E-state index in [9.17, 15) is 14.6 Å². The molecule has 150 valence electrons. The van der Waals surface area contributed by atoms with Gasteiger partial charge in [0.15, 0.2) is 17.0 Å². The van der Waals surface area contributed by atoms with Gasteiger partial charge < -0.3 is 25.4 Å². The van der Waals surface area contributed by atoms with E-state index in [1.807, 2.05) is 18.4 Å². The highest BCUT2D eigenvalue weighted by molar-refractivity contribution is 5.84. The Labute approximate surface area is 162 Å². The van der Waals surface area contributed by atoms with Crippen LogP contribution in [0.3, 0.4) is 0 Å². The molecule has 0 fully saturated rings. The van der Waals surface area contributed by atoms with Crippen LogP contribution in [0.1, 0.15) is 33.3 Å². The maximum atomic E-state index is 13.5. The number of nitrogens with one attached hydrogen (secondary N) is 2. The molecule has 0 amide bonds. The van der Waals surface area contributed by atoms with Crippen molar-refractivity contribution in [2.75, 3.05) is 10.6 Å². The highest BCUT2D eigenvalue weighted by atomic mass is 19.1. The number of aryl methyl sites for hydroxylation is 1. The van der Waals surface area contributed by atoms with Gasteiger partial charge in [-0.05, 0) is 45.9 Å². The summed E-state index contributed by atoms with van der Waals surface area (Å²) in [5.74, 6) is 0.348. The zero-order valence-corrected chi connectivity index (χ0v) is 16.4. The minimum Gasteiger partial charge on any atom is -0.508 e. The maximum Gasteiger partial charge on any atom is 0.227 e. The summed E-state index contributed by atoms with van der Waals surface area (Å²) in [5, 5.41) is 26.3. The molecule has 3 rings (SSSR count). The third kappa shape index (κ3) is 4.14. The van der Waals surface area contributed by atoms with Crippen molar-refractivity contribution in [1.29, 1.82) is 0 Å². The van der Waals surface area contributed by atoms with E-state index < -0.39 is 11.4 Å². The zero-order chi connectivity index (χ0) is 20.5. The van der Waals surface area contributed by atoms with Gasteiger partial charge in [-0.2, -0.15) is 9.97 Å². The van der Waals surface area contributed by atoms with Gasteiger partial charge in [-0.1, -0.05) is 0 Å². The monoisotopic (exact) mass is 388 g/mol. The van der Waals surface area contributed by atoms with Crippen molar-refractivity contribution in [2.45, 2.75) is 52.4 Å². The van der Waals surface area contributed by atoms with Crippen LogP contribution in [0.5, 0.6) is 5.75 Å². The molecule has 2 aromatic heterocycles. The van der Waals surface area contributed by atoms with E-state index in [0.29, 0.717) is 35.0 Å². The lowest BCUT2D eigenvalue weighted by atomic mass is 10.0. The lowest BCUT2D eigenvalue weighted by Crippen LogP contribution is -2.39. The Kier molecular flexibility index (Phi) is 5.37. The number of aromatic nitrogens is 4. The fourth-order valence-corrected chi connectivity index (χ4v) is 2.61. The number of halogens is 1. The van der Waals surface area contributed by atoms with E-state index in [2.05, 4.69) is 25.6 Å². The minimum absolute atomic E-state index is 0.00714. The van der Waals surface area contributed by atoms with Crippen LogP contribution in [-0.2, 0) is 13.1 Å². The van der Waals surface area contributed by atoms with Crippen molar-refractivity contribution in [2.24, 2.45) is 0 Å². The normalized spacial score (nSPS) is 12.9. The van der Waals surface area contributed by atoms with Crippen LogP contribution in [0.4, 0.5) is 16.2 Å². The van der Waals surface area contributed by atoms with Gasteiger partial charge in [0.05, 0.1) is 18.0 Å². The van der Waals surface area contributed by atoms with Crippen molar-refractivity contribution in [3.63, 3.8) is 0 Å². The van der Waals surface area contributed by atoms with Crippen LogP contribution in [0.2, 0.25) is 0 Å². The Balaban J connectivity index is 1.95. The Bertz CT molecular complexity index is 982. The Morgan fingerprint density at radius 3 is 2.71 bits per heavy atom. The molecule has 0 saturated heterocycles. The number of phenolic OH excluding ortho intramolecular Hbond substituents is 1. The van der Waals surface area contributed by atoms with Gasteiger partial charge in [-0.15, -0.1) is 0 Å². The summed E-state index contributed by atoms with van der Waals surface area (Å²) >= 11 is 0. The molecule has 0 spiro atoms.